The second kappa shape index (κ2) is 12.3. The summed E-state index contributed by atoms with van der Waals surface area (Å²) < 4.78 is 33.4. The molecule has 3 aromatic rings. The van der Waals surface area contributed by atoms with E-state index in [1.165, 1.54) is 19.3 Å². The van der Waals surface area contributed by atoms with Gasteiger partial charge >= 0.3 is 12.1 Å². The number of hydrogen-bond donors (Lipinski definition) is 1. The number of aromatic nitrogens is 3. The SMILES string of the molecule is CCCCN1CCC[C@@H]1Cn1nc(Cc2ccc(Cl)cc2)c2cccnc2c1=O.O=C(O)C(F)(F)F. The summed E-state index contributed by atoms with van der Waals surface area (Å²) in [6.07, 6.45) is 1.93. The van der Waals surface area contributed by atoms with Crippen molar-refractivity contribution in [2.45, 2.75) is 57.8 Å². The van der Waals surface area contributed by atoms with Crippen LogP contribution in [-0.4, -0.2) is 56.0 Å². The van der Waals surface area contributed by atoms with Crippen LogP contribution in [-0.2, 0) is 17.8 Å². The number of nitrogens with zero attached hydrogens (tertiary/aromatic N) is 4. The molecule has 0 bridgehead atoms. The van der Waals surface area contributed by atoms with Crippen molar-refractivity contribution in [1.29, 1.82) is 0 Å². The second-order valence-corrected chi connectivity index (χ2v) is 9.06. The third-order valence-corrected chi connectivity index (χ3v) is 6.26. The molecule has 0 spiro atoms. The third-order valence-electron chi connectivity index (χ3n) is 6.01. The van der Waals surface area contributed by atoms with Gasteiger partial charge in [-0.15, -0.1) is 0 Å². The Morgan fingerprint density at radius 2 is 1.92 bits per heavy atom. The molecule has 36 heavy (non-hydrogen) atoms. The molecule has 0 saturated carbocycles. The summed E-state index contributed by atoms with van der Waals surface area (Å²) in [5.74, 6) is -2.76. The third kappa shape index (κ3) is 7.27. The highest BCUT2D eigenvalue weighted by Crippen LogP contribution is 2.21. The van der Waals surface area contributed by atoms with Gasteiger partial charge in [0.2, 0.25) is 0 Å². The number of carboxylic acids is 1. The van der Waals surface area contributed by atoms with E-state index in [2.05, 4.69) is 16.8 Å². The number of carboxylic acid groups (broad SMARTS) is 1. The lowest BCUT2D eigenvalue weighted by molar-refractivity contribution is -0.192. The quantitative estimate of drug-likeness (QED) is 0.471. The maximum absolute atomic E-state index is 13.1. The molecular formula is C25H28ClF3N4O3. The van der Waals surface area contributed by atoms with Gasteiger partial charge in [-0.1, -0.05) is 37.1 Å². The highest BCUT2D eigenvalue weighted by atomic mass is 35.5. The molecular weight excluding hydrogens is 497 g/mol. The van der Waals surface area contributed by atoms with Crippen molar-refractivity contribution in [2.24, 2.45) is 0 Å². The van der Waals surface area contributed by atoms with Gasteiger partial charge in [0.1, 0.15) is 5.52 Å². The molecule has 3 heterocycles. The molecule has 4 rings (SSSR count). The Bertz CT molecular complexity index is 1230. The van der Waals surface area contributed by atoms with Crippen molar-refractivity contribution in [1.82, 2.24) is 19.7 Å². The van der Waals surface area contributed by atoms with Crippen molar-refractivity contribution in [3.05, 3.63) is 69.2 Å². The number of rotatable bonds is 7. The van der Waals surface area contributed by atoms with Gasteiger partial charge in [0.15, 0.2) is 0 Å². The molecule has 1 aliphatic heterocycles. The molecule has 0 unspecified atom stereocenters. The molecule has 1 saturated heterocycles. The number of aliphatic carboxylic acids is 1. The lowest BCUT2D eigenvalue weighted by atomic mass is 10.1. The molecule has 7 nitrogen and oxygen atoms in total. The predicted molar refractivity (Wildman–Crippen MR) is 131 cm³/mol. The first-order valence-electron chi connectivity index (χ1n) is 11.7. The average molecular weight is 525 g/mol. The molecule has 1 aromatic carbocycles. The van der Waals surface area contributed by atoms with Crippen molar-refractivity contribution < 1.29 is 23.1 Å². The molecule has 1 aliphatic rings. The summed E-state index contributed by atoms with van der Waals surface area (Å²) in [5, 5.41) is 13.5. The van der Waals surface area contributed by atoms with E-state index in [-0.39, 0.29) is 5.56 Å². The van der Waals surface area contributed by atoms with E-state index in [4.69, 9.17) is 26.6 Å². The van der Waals surface area contributed by atoms with Gasteiger partial charge in [-0.05, 0) is 62.2 Å². The highest BCUT2D eigenvalue weighted by molar-refractivity contribution is 6.30. The largest absolute Gasteiger partial charge is 0.490 e. The number of likely N-dealkylation sites (tertiary alicyclic amines) is 1. The number of halogens is 4. The summed E-state index contributed by atoms with van der Waals surface area (Å²) in [4.78, 5) is 28.9. The summed E-state index contributed by atoms with van der Waals surface area (Å²) in [6, 6.07) is 12.0. The highest BCUT2D eigenvalue weighted by Gasteiger charge is 2.38. The number of hydrogen-bond acceptors (Lipinski definition) is 5. The Labute approximate surface area is 211 Å². The predicted octanol–water partition coefficient (Wildman–Crippen LogP) is 4.93. The zero-order valence-electron chi connectivity index (χ0n) is 19.8. The Kier molecular flexibility index (Phi) is 9.44. The summed E-state index contributed by atoms with van der Waals surface area (Å²) in [7, 11) is 0. The Morgan fingerprint density at radius 3 is 2.56 bits per heavy atom. The van der Waals surface area contributed by atoms with E-state index in [9.17, 15) is 18.0 Å². The average Bonchev–Trinajstić information content (AvgIpc) is 3.28. The molecule has 1 atom stereocenters. The van der Waals surface area contributed by atoms with Gasteiger partial charge < -0.3 is 5.11 Å². The molecule has 0 amide bonds. The number of carbonyl (C=O) groups is 1. The van der Waals surface area contributed by atoms with E-state index in [0.29, 0.717) is 29.5 Å². The van der Waals surface area contributed by atoms with Gasteiger partial charge in [-0.25, -0.2) is 9.48 Å². The first-order chi connectivity index (χ1) is 17.1. The Morgan fingerprint density at radius 1 is 1.22 bits per heavy atom. The number of benzene rings is 1. The van der Waals surface area contributed by atoms with Crippen LogP contribution in [0, 0.1) is 0 Å². The fraction of sp³-hybridized carbons (Fsp3) is 0.440. The van der Waals surface area contributed by atoms with E-state index in [1.807, 2.05) is 36.4 Å². The van der Waals surface area contributed by atoms with Gasteiger partial charge in [-0.2, -0.15) is 18.3 Å². The maximum atomic E-state index is 13.1. The van der Waals surface area contributed by atoms with E-state index < -0.39 is 12.1 Å². The van der Waals surface area contributed by atoms with Crippen LogP contribution in [0.5, 0.6) is 0 Å². The minimum Gasteiger partial charge on any atom is -0.475 e. The maximum Gasteiger partial charge on any atom is 0.490 e. The number of pyridine rings is 1. The second-order valence-electron chi connectivity index (χ2n) is 8.63. The molecule has 1 N–H and O–H groups in total. The van der Waals surface area contributed by atoms with Gasteiger partial charge in [-0.3, -0.25) is 14.7 Å². The number of alkyl halides is 3. The van der Waals surface area contributed by atoms with Crippen LogP contribution in [0.3, 0.4) is 0 Å². The Balaban J connectivity index is 0.000000454. The number of unbranched alkanes of at least 4 members (excludes halogenated alkanes) is 1. The van der Waals surface area contributed by atoms with Crippen molar-refractivity contribution >= 4 is 28.5 Å². The van der Waals surface area contributed by atoms with Crippen LogP contribution in [0.2, 0.25) is 5.02 Å². The molecule has 11 heteroatoms. The zero-order valence-corrected chi connectivity index (χ0v) is 20.6. The summed E-state index contributed by atoms with van der Waals surface area (Å²) >= 11 is 6.02. The van der Waals surface area contributed by atoms with Crippen molar-refractivity contribution in [2.75, 3.05) is 13.1 Å². The molecule has 0 radical (unpaired) electrons. The lowest BCUT2D eigenvalue weighted by Crippen LogP contribution is -2.38. The first-order valence-corrected chi connectivity index (χ1v) is 12.1. The van der Waals surface area contributed by atoms with E-state index >= 15 is 0 Å². The first kappa shape index (κ1) is 27.6. The van der Waals surface area contributed by atoms with Crippen LogP contribution in [0.1, 0.15) is 43.9 Å². The van der Waals surface area contributed by atoms with Crippen molar-refractivity contribution in [3.8, 4) is 0 Å². The van der Waals surface area contributed by atoms with Crippen LogP contribution in [0.4, 0.5) is 13.2 Å². The van der Waals surface area contributed by atoms with Crippen LogP contribution < -0.4 is 5.56 Å². The standard InChI is InChI=1S/C23H27ClN4O.C2HF3O2/c1-2-3-13-27-14-5-6-19(27)16-28-23(29)22-20(7-4-12-25-22)21(26-28)15-17-8-10-18(24)11-9-17;3-2(4,5)1(6)7/h4,7-12,19H,2-3,5-6,13-16H2,1H3;(H,6,7)/t19-;/m1./s1. The van der Waals surface area contributed by atoms with Gasteiger partial charge in [0.25, 0.3) is 5.56 Å². The normalized spacial score (nSPS) is 16.1. The monoisotopic (exact) mass is 524 g/mol. The Hall–Kier alpha value is -2.98. The summed E-state index contributed by atoms with van der Waals surface area (Å²) in [6.45, 7) is 5.06. The molecule has 2 aromatic heterocycles. The van der Waals surface area contributed by atoms with E-state index in [0.717, 1.165) is 36.2 Å². The topological polar surface area (TPSA) is 88.3 Å². The fourth-order valence-corrected chi connectivity index (χ4v) is 4.31. The smallest absolute Gasteiger partial charge is 0.475 e. The minimum atomic E-state index is -5.08. The zero-order chi connectivity index (χ0) is 26.3. The minimum absolute atomic E-state index is 0.0946. The molecule has 194 valence electrons. The summed E-state index contributed by atoms with van der Waals surface area (Å²) in [5.41, 5.74) is 2.41. The number of fused-ring (bicyclic) bond motifs is 1. The van der Waals surface area contributed by atoms with Crippen LogP contribution in [0.25, 0.3) is 10.9 Å². The molecule has 1 fully saturated rings. The van der Waals surface area contributed by atoms with E-state index in [1.54, 1.807) is 10.9 Å². The van der Waals surface area contributed by atoms with Gasteiger partial charge in [0.05, 0.1) is 12.2 Å². The molecule has 0 aliphatic carbocycles. The van der Waals surface area contributed by atoms with Crippen molar-refractivity contribution in [3.63, 3.8) is 0 Å². The fourth-order valence-electron chi connectivity index (χ4n) is 4.18. The van der Waals surface area contributed by atoms with Gasteiger partial charge in [0, 0.05) is 29.1 Å². The van der Waals surface area contributed by atoms with Crippen LogP contribution >= 0.6 is 11.6 Å². The lowest BCUT2D eigenvalue weighted by Gasteiger charge is -2.24. The van der Waals surface area contributed by atoms with Crippen LogP contribution in [0.15, 0.2) is 47.4 Å².